The predicted molar refractivity (Wildman–Crippen MR) is 124 cm³/mol. The molecule has 0 saturated carbocycles. The average Bonchev–Trinajstić information content (AvgIpc) is 3.17. The molecule has 1 fully saturated rings. The lowest BCUT2D eigenvalue weighted by Crippen LogP contribution is -2.45. The Labute approximate surface area is 187 Å². The van der Waals surface area contributed by atoms with Crippen LogP contribution in [0, 0.1) is 18.3 Å². The molecule has 0 bridgehead atoms. The topological polar surface area (TPSA) is 112 Å². The third-order valence-corrected chi connectivity index (χ3v) is 5.87. The Morgan fingerprint density at radius 2 is 1.91 bits per heavy atom. The molecule has 4 N–H and O–H groups in total. The molecule has 8 nitrogen and oxygen atoms in total. The number of anilines is 2. The number of carbonyl (C=O) groups is 1. The lowest BCUT2D eigenvalue weighted by Gasteiger charge is -2.32. The van der Waals surface area contributed by atoms with E-state index >= 15 is 0 Å². The molecule has 32 heavy (non-hydrogen) atoms. The summed E-state index contributed by atoms with van der Waals surface area (Å²) in [5.41, 5.74) is 10.3. The maximum atomic E-state index is 12.4. The number of nitrogens with two attached hydrogens (primary N) is 1. The molecule has 2 heterocycles. The number of benzene rings is 2. The standard InChI is InChI=1S/C24H27N7O/c1-17-4-2-3-5-18(17)16-30-12-10-21(11-13-30)29-24(32)28-20-6-8-22(9-7-20)31-23(26)19(14-25)15-27-31/h2-9,15,21H,10-13,16,26H2,1H3,(H2,28,29,32). The fourth-order valence-corrected chi connectivity index (χ4v) is 3.95. The molecular weight excluding hydrogens is 402 g/mol. The molecule has 3 aromatic rings. The van der Waals surface area contributed by atoms with Gasteiger partial charge in [0.25, 0.3) is 0 Å². The molecule has 1 saturated heterocycles. The zero-order valence-electron chi connectivity index (χ0n) is 18.1. The van der Waals surface area contributed by atoms with E-state index in [0.717, 1.165) is 38.2 Å². The van der Waals surface area contributed by atoms with E-state index in [4.69, 9.17) is 11.0 Å². The molecule has 164 valence electrons. The van der Waals surface area contributed by atoms with Crippen LogP contribution in [0.15, 0.2) is 54.7 Å². The van der Waals surface area contributed by atoms with Crippen molar-refractivity contribution in [1.82, 2.24) is 20.0 Å². The highest BCUT2D eigenvalue weighted by atomic mass is 16.2. The van der Waals surface area contributed by atoms with Crippen LogP contribution in [0.25, 0.3) is 5.69 Å². The summed E-state index contributed by atoms with van der Waals surface area (Å²) in [7, 11) is 0. The van der Waals surface area contributed by atoms with Crippen LogP contribution in [0.2, 0.25) is 0 Å². The maximum Gasteiger partial charge on any atom is 0.319 e. The normalized spacial score (nSPS) is 14.6. The van der Waals surface area contributed by atoms with E-state index in [0.29, 0.717) is 17.1 Å². The van der Waals surface area contributed by atoms with Crippen molar-refractivity contribution >= 4 is 17.5 Å². The SMILES string of the molecule is Cc1ccccc1CN1CCC(NC(=O)Nc2ccc(-n3ncc(C#N)c3N)cc2)CC1. The van der Waals surface area contributed by atoms with E-state index in [9.17, 15) is 4.79 Å². The molecule has 2 aromatic carbocycles. The van der Waals surface area contributed by atoms with Crippen LogP contribution in [-0.4, -0.2) is 39.8 Å². The summed E-state index contributed by atoms with van der Waals surface area (Å²) >= 11 is 0. The first-order valence-electron chi connectivity index (χ1n) is 10.7. The molecule has 0 aliphatic carbocycles. The van der Waals surface area contributed by atoms with Crippen molar-refractivity contribution in [3.63, 3.8) is 0 Å². The number of nitrogens with one attached hydrogen (secondary N) is 2. The Balaban J connectivity index is 1.26. The van der Waals surface area contributed by atoms with Gasteiger partial charge >= 0.3 is 6.03 Å². The first kappa shape index (κ1) is 21.4. The van der Waals surface area contributed by atoms with Gasteiger partial charge in [-0.05, 0) is 55.2 Å². The van der Waals surface area contributed by atoms with Gasteiger partial charge in [-0.25, -0.2) is 9.48 Å². The van der Waals surface area contributed by atoms with Crippen LogP contribution >= 0.6 is 0 Å². The minimum absolute atomic E-state index is 0.163. The van der Waals surface area contributed by atoms with Crippen LogP contribution in [0.3, 0.4) is 0 Å². The minimum atomic E-state index is -0.208. The Bertz CT molecular complexity index is 1120. The summed E-state index contributed by atoms with van der Waals surface area (Å²) in [6.45, 7) is 5.02. The average molecular weight is 430 g/mol. The fourth-order valence-electron chi connectivity index (χ4n) is 3.95. The van der Waals surface area contributed by atoms with Crippen molar-refractivity contribution < 1.29 is 4.79 Å². The minimum Gasteiger partial charge on any atom is -0.382 e. The van der Waals surface area contributed by atoms with Crippen molar-refractivity contribution in [3.05, 3.63) is 71.4 Å². The second-order valence-electron chi connectivity index (χ2n) is 8.09. The first-order valence-corrected chi connectivity index (χ1v) is 10.7. The van der Waals surface area contributed by atoms with E-state index in [1.807, 2.05) is 6.07 Å². The number of urea groups is 1. The second-order valence-corrected chi connectivity index (χ2v) is 8.09. The number of piperidine rings is 1. The highest BCUT2D eigenvalue weighted by Gasteiger charge is 2.21. The van der Waals surface area contributed by atoms with Crippen LogP contribution in [0.4, 0.5) is 16.3 Å². The molecule has 4 rings (SSSR count). The molecule has 0 spiro atoms. The number of hydrogen-bond donors (Lipinski definition) is 3. The van der Waals surface area contributed by atoms with Gasteiger partial charge in [0.1, 0.15) is 17.5 Å². The third-order valence-electron chi connectivity index (χ3n) is 5.87. The van der Waals surface area contributed by atoms with Gasteiger partial charge in [0.05, 0.1) is 11.9 Å². The number of aryl methyl sites for hydroxylation is 1. The van der Waals surface area contributed by atoms with E-state index in [1.165, 1.54) is 22.0 Å². The van der Waals surface area contributed by atoms with Crippen molar-refractivity contribution in [2.24, 2.45) is 0 Å². The van der Waals surface area contributed by atoms with Gasteiger partial charge in [0.2, 0.25) is 0 Å². The van der Waals surface area contributed by atoms with Crippen LogP contribution in [0.1, 0.15) is 29.5 Å². The van der Waals surface area contributed by atoms with Gasteiger partial charge in [-0.3, -0.25) is 4.90 Å². The van der Waals surface area contributed by atoms with Gasteiger partial charge in [0.15, 0.2) is 0 Å². The summed E-state index contributed by atoms with van der Waals surface area (Å²) in [4.78, 5) is 14.9. The van der Waals surface area contributed by atoms with E-state index in [1.54, 1.807) is 24.3 Å². The number of aromatic nitrogens is 2. The van der Waals surface area contributed by atoms with Gasteiger partial charge in [0, 0.05) is 31.4 Å². The van der Waals surface area contributed by atoms with Crippen molar-refractivity contribution in [2.75, 3.05) is 24.1 Å². The summed E-state index contributed by atoms with van der Waals surface area (Å²) in [5.74, 6) is 0.291. The highest BCUT2D eigenvalue weighted by Crippen LogP contribution is 2.19. The number of hydrogen-bond acceptors (Lipinski definition) is 5. The number of amides is 2. The number of nitriles is 1. The molecule has 2 amide bonds. The Morgan fingerprint density at radius 3 is 2.56 bits per heavy atom. The van der Waals surface area contributed by atoms with E-state index < -0.39 is 0 Å². The highest BCUT2D eigenvalue weighted by molar-refractivity contribution is 5.89. The Hall–Kier alpha value is -3.83. The summed E-state index contributed by atoms with van der Waals surface area (Å²) in [6.07, 6.45) is 3.29. The summed E-state index contributed by atoms with van der Waals surface area (Å²) in [5, 5.41) is 19.1. The number of nitrogen functional groups attached to an aromatic ring is 1. The number of likely N-dealkylation sites (tertiary alicyclic amines) is 1. The van der Waals surface area contributed by atoms with Gasteiger partial charge in [-0.15, -0.1) is 0 Å². The number of rotatable bonds is 5. The first-order chi connectivity index (χ1) is 15.5. The zero-order chi connectivity index (χ0) is 22.5. The smallest absolute Gasteiger partial charge is 0.319 e. The number of carbonyl (C=O) groups excluding carboxylic acids is 1. The fraction of sp³-hybridized carbons (Fsp3) is 0.292. The quantitative estimate of drug-likeness (QED) is 0.575. The monoisotopic (exact) mass is 429 g/mol. The molecule has 1 aromatic heterocycles. The molecule has 0 radical (unpaired) electrons. The van der Waals surface area contributed by atoms with Gasteiger partial charge in [-0.2, -0.15) is 10.4 Å². The molecule has 0 unspecified atom stereocenters. The molecule has 8 heteroatoms. The van der Waals surface area contributed by atoms with E-state index in [2.05, 4.69) is 51.8 Å². The molecular formula is C24H27N7O. The molecule has 1 aliphatic heterocycles. The zero-order valence-corrected chi connectivity index (χ0v) is 18.1. The predicted octanol–water partition coefficient (Wildman–Crippen LogP) is 3.42. The van der Waals surface area contributed by atoms with Crippen LogP contribution in [0.5, 0.6) is 0 Å². The van der Waals surface area contributed by atoms with Gasteiger partial charge in [-0.1, -0.05) is 24.3 Å². The third kappa shape index (κ3) is 4.90. The van der Waals surface area contributed by atoms with Crippen molar-refractivity contribution in [3.8, 4) is 11.8 Å². The Kier molecular flexibility index (Phi) is 6.38. The maximum absolute atomic E-state index is 12.4. The molecule has 0 atom stereocenters. The lowest BCUT2D eigenvalue weighted by molar-refractivity contribution is 0.189. The summed E-state index contributed by atoms with van der Waals surface area (Å²) in [6, 6.07) is 17.6. The number of nitrogens with zero attached hydrogens (tertiary/aromatic N) is 4. The van der Waals surface area contributed by atoms with Crippen LogP contribution < -0.4 is 16.4 Å². The van der Waals surface area contributed by atoms with Crippen molar-refractivity contribution in [1.29, 1.82) is 5.26 Å². The Morgan fingerprint density at radius 1 is 1.19 bits per heavy atom. The second kappa shape index (κ2) is 9.54. The summed E-state index contributed by atoms with van der Waals surface area (Å²) < 4.78 is 1.49. The van der Waals surface area contributed by atoms with Crippen molar-refractivity contribution in [2.45, 2.75) is 32.4 Å². The van der Waals surface area contributed by atoms with Gasteiger partial charge < -0.3 is 16.4 Å². The lowest BCUT2D eigenvalue weighted by atomic mass is 10.0. The molecule has 1 aliphatic rings. The largest absolute Gasteiger partial charge is 0.382 e. The van der Waals surface area contributed by atoms with E-state index in [-0.39, 0.29) is 12.1 Å². The van der Waals surface area contributed by atoms with Crippen LogP contribution in [-0.2, 0) is 6.54 Å².